The fraction of sp³-hybridized carbons (Fsp3) is 0.414. The molecule has 0 spiro atoms. The Hall–Kier alpha value is -4.45. The fourth-order valence-electron chi connectivity index (χ4n) is 4.09. The standard InChI is InChI=1S/C29H38N4O8/c1-17(2)14-24(29(40)41)33-27(38)22(12-13-25(35)36)31-28(39)23(16-19-8-10-20(34)11-9-19)32-26(37)21(30)15-18-6-4-3-5-7-18/h3-11,17,21-24,34H,12-16,30H2,1-2H3,(H,31,39)(H,32,37)(H,33,38)(H,35,36)(H,40,41). The van der Waals surface area contributed by atoms with E-state index in [1.165, 1.54) is 12.1 Å². The third-order valence-electron chi connectivity index (χ3n) is 6.25. The van der Waals surface area contributed by atoms with Gasteiger partial charge in [0.2, 0.25) is 17.7 Å². The van der Waals surface area contributed by atoms with Crippen LogP contribution >= 0.6 is 0 Å². The summed E-state index contributed by atoms with van der Waals surface area (Å²) in [6, 6.07) is 10.2. The van der Waals surface area contributed by atoms with Gasteiger partial charge in [0.05, 0.1) is 6.04 Å². The number of benzene rings is 2. The van der Waals surface area contributed by atoms with E-state index in [4.69, 9.17) is 10.8 Å². The Morgan fingerprint density at radius 3 is 1.83 bits per heavy atom. The Balaban J connectivity index is 2.25. The summed E-state index contributed by atoms with van der Waals surface area (Å²) in [7, 11) is 0. The highest BCUT2D eigenvalue weighted by atomic mass is 16.4. The molecule has 8 N–H and O–H groups in total. The number of carbonyl (C=O) groups is 5. The Morgan fingerprint density at radius 2 is 1.27 bits per heavy atom. The van der Waals surface area contributed by atoms with Crippen molar-refractivity contribution in [1.29, 1.82) is 0 Å². The first kappa shape index (κ1) is 32.8. The molecule has 0 aliphatic rings. The van der Waals surface area contributed by atoms with Crippen molar-refractivity contribution in [3.8, 4) is 5.75 Å². The number of nitrogens with one attached hydrogen (secondary N) is 3. The minimum Gasteiger partial charge on any atom is -0.508 e. The summed E-state index contributed by atoms with van der Waals surface area (Å²) in [5.41, 5.74) is 7.49. The number of phenols is 1. The number of aromatic hydroxyl groups is 1. The summed E-state index contributed by atoms with van der Waals surface area (Å²) >= 11 is 0. The molecular formula is C29H38N4O8. The van der Waals surface area contributed by atoms with Crippen LogP contribution in [0, 0.1) is 5.92 Å². The van der Waals surface area contributed by atoms with Crippen molar-refractivity contribution in [3.05, 3.63) is 65.7 Å². The molecule has 0 aliphatic carbocycles. The van der Waals surface area contributed by atoms with Crippen molar-refractivity contribution >= 4 is 29.7 Å². The molecule has 0 saturated heterocycles. The lowest BCUT2D eigenvalue weighted by Crippen LogP contribution is -2.58. The van der Waals surface area contributed by atoms with Crippen LogP contribution < -0.4 is 21.7 Å². The molecule has 12 nitrogen and oxygen atoms in total. The minimum atomic E-state index is -1.38. The zero-order valence-corrected chi connectivity index (χ0v) is 23.1. The van der Waals surface area contributed by atoms with E-state index < -0.39 is 60.2 Å². The molecule has 0 heterocycles. The van der Waals surface area contributed by atoms with Gasteiger partial charge in [-0.25, -0.2) is 4.79 Å². The SMILES string of the molecule is CC(C)CC(NC(=O)C(CCC(=O)O)NC(=O)C(Cc1ccc(O)cc1)NC(=O)C(N)Cc1ccccc1)C(=O)O. The average Bonchev–Trinajstić information content (AvgIpc) is 2.91. The first-order valence-corrected chi connectivity index (χ1v) is 13.3. The number of phenolic OH excluding ortho intramolecular Hbond substituents is 1. The molecule has 2 aromatic rings. The largest absolute Gasteiger partial charge is 0.508 e. The lowest BCUT2D eigenvalue weighted by molar-refractivity contribution is -0.143. The van der Waals surface area contributed by atoms with Crippen LogP contribution in [0.5, 0.6) is 5.75 Å². The first-order valence-electron chi connectivity index (χ1n) is 13.3. The molecule has 4 unspecified atom stereocenters. The molecule has 3 amide bonds. The highest BCUT2D eigenvalue weighted by Gasteiger charge is 2.31. The number of aliphatic carboxylic acids is 2. The minimum absolute atomic E-state index is 0.00320. The van der Waals surface area contributed by atoms with Crippen LogP contribution in [-0.4, -0.2) is 69.1 Å². The maximum Gasteiger partial charge on any atom is 0.326 e. The Kier molecular flexibility index (Phi) is 12.8. The number of carbonyl (C=O) groups excluding carboxylic acids is 3. The van der Waals surface area contributed by atoms with Crippen molar-refractivity contribution < 1.29 is 39.3 Å². The third kappa shape index (κ3) is 11.7. The highest BCUT2D eigenvalue weighted by molar-refractivity contribution is 5.94. The Labute approximate surface area is 238 Å². The Morgan fingerprint density at radius 1 is 0.732 bits per heavy atom. The summed E-state index contributed by atoms with van der Waals surface area (Å²) < 4.78 is 0. The molecule has 2 rings (SSSR count). The Bertz CT molecular complexity index is 1190. The molecule has 222 valence electrons. The van der Waals surface area contributed by atoms with Crippen LogP contribution in [0.1, 0.15) is 44.2 Å². The van der Waals surface area contributed by atoms with Gasteiger partial charge in [-0.1, -0.05) is 56.3 Å². The quantitative estimate of drug-likeness (QED) is 0.153. The second kappa shape index (κ2) is 16.0. The molecule has 2 aromatic carbocycles. The van der Waals surface area contributed by atoms with E-state index in [1.807, 2.05) is 18.2 Å². The molecule has 0 bridgehead atoms. The van der Waals surface area contributed by atoms with Gasteiger partial charge in [-0.3, -0.25) is 19.2 Å². The van der Waals surface area contributed by atoms with Crippen molar-refractivity contribution in [3.63, 3.8) is 0 Å². The molecular weight excluding hydrogens is 532 g/mol. The van der Waals surface area contributed by atoms with Gasteiger partial charge in [-0.05, 0) is 48.4 Å². The molecule has 0 saturated carbocycles. The van der Waals surface area contributed by atoms with Crippen molar-refractivity contribution in [1.82, 2.24) is 16.0 Å². The summed E-state index contributed by atoms with van der Waals surface area (Å²) in [5, 5.41) is 35.8. The van der Waals surface area contributed by atoms with Crippen molar-refractivity contribution in [2.75, 3.05) is 0 Å². The molecule has 12 heteroatoms. The van der Waals surface area contributed by atoms with Crippen LogP contribution in [0.2, 0.25) is 0 Å². The van der Waals surface area contributed by atoms with Crippen LogP contribution in [0.25, 0.3) is 0 Å². The maximum atomic E-state index is 13.4. The van der Waals surface area contributed by atoms with E-state index in [1.54, 1.807) is 38.1 Å². The zero-order chi connectivity index (χ0) is 30.5. The lowest BCUT2D eigenvalue weighted by Gasteiger charge is -2.25. The fourth-order valence-corrected chi connectivity index (χ4v) is 4.09. The van der Waals surface area contributed by atoms with Crippen molar-refractivity contribution in [2.24, 2.45) is 11.7 Å². The van der Waals surface area contributed by atoms with Crippen LogP contribution in [-0.2, 0) is 36.8 Å². The van der Waals surface area contributed by atoms with E-state index in [0.717, 1.165) is 5.56 Å². The van der Waals surface area contributed by atoms with Gasteiger partial charge < -0.3 is 37.0 Å². The predicted molar refractivity (Wildman–Crippen MR) is 150 cm³/mol. The van der Waals surface area contributed by atoms with Gasteiger partial charge in [0, 0.05) is 12.8 Å². The van der Waals surface area contributed by atoms with E-state index in [-0.39, 0.29) is 37.4 Å². The maximum absolute atomic E-state index is 13.4. The van der Waals surface area contributed by atoms with Crippen LogP contribution in [0.3, 0.4) is 0 Å². The number of carboxylic acid groups (broad SMARTS) is 2. The van der Waals surface area contributed by atoms with Gasteiger partial charge in [-0.2, -0.15) is 0 Å². The highest BCUT2D eigenvalue weighted by Crippen LogP contribution is 2.13. The monoisotopic (exact) mass is 570 g/mol. The number of hydrogen-bond donors (Lipinski definition) is 7. The number of rotatable bonds is 16. The van der Waals surface area contributed by atoms with E-state index >= 15 is 0 Å². The average molecular weight is 571 g/mol. The number of amides is 3. The summed E-state index contributed by atoms with van der Waals surface area (Å²) in [5.74, 6) is -4.81. The molecule has 41 heavy (non-hydrogen) atoms. The topological polar surface area (TPSA) is 208 Å². The molecule has 4 atom stereocenters. The van der Waals surface area contributed by atoms with Crippen LogP contribution in [0.15, 0.2) is 54.6 Å². The van der Waals surface area contributed by atoms with E-state index in [2.05, 4.69) is 16.0 Å². The lowest BCUT2D eigenvalue weighted by atomic mass is 10.0. The predicted octanol–water partition coefficient (Wildman–Crippen LogP) is 0.955. The molecule has 0 fully saturated rings. The van der Waals surface area contributed by atoms with Crippen LogP contribution in [0.4, 0.5) is 0 Å². The second-order valence-corrected chi connectivity index (χ2v) is 10.3. The van der Waals surface area contributed by atoms with E-state index in [0.29, 0.717) is 5.56 Å². The summed E-state index contributed by atoms with van der Waals surface area (Å²) in [6.45, 7) is 3.57. The molecule has 0 aromatic heterocycles. The zero-order valence-electron chi connectivity index (χ0n) is 23.1. The summed E-state index contributed by atoms with van der Waals surface area (Å²) in [6.07, 6.45) is -0.490. The molecule has 0 radical (unpaired) electrons. The normalized spacial score (nSPS) is 13.9. The van der Waals surface area contributed by atoms with Crippen molar-refractivity contribution in [2.45, 2.75) is 70.1 Å². The van der Waals surface area contributed by atoms with Gasteiger partial charge in [0.15, 0.2) is 0 Å². The van der Waals surface area contributed by atoms with Gasteiger partial charge in [0.25, 0.3) is 0 Å². The second-order valence-electron chi connectivity index (χ2n) is 10.3. The molecule has 0 aliphatic heterocycles. The van der Waals surface area contributed by atoms with E-state index in [9.17, 15) is 34.2 Å². The van der Waals surface area contributed by atoms with Gasteiger partial charge in [-0.15, -0.1) is 0 Å². The van der Waals surface area contributed by atoms with Gasteiger partial charge >= 0.3 is 11.9 Å². The number of carboxylic acids is 2. The first-order chi connectivity index (χ1) is 19.3. The number of nitrogens with two attached hydrogens (primary N) is 1. The summed E-state index contributed by atoms with van der Waals surface area (Å²) in [4.78, 5) is 62.3. The number of hydrogen-bond acceptors (Lipinski definition) is 7. The third-order valence-corrected chi connectivity index (χ3v) is 6.25. The van der Waals surface area contributed by atoms with Gasteiger partial charge in [0.1, 0.15) is 23.9 Å². The smallest absolute Gasteiger partial charge is 0.326 e.